The predicted molar refractivity (Wildman–Crippen MR) is 162 cm³/mol. The van der Waals surface area contributed by atoms with Gasteiger partial charge in [0.2, 0.25) is 11.8 Å². The first-order valence-corrected chi connectivity index (χ1v) is 15.9. The number of aromatic amines is 1. The summed E-state index contributed by atoms with van der Waals surface area (Å²) in [6.07, 6.45) is 7.03. The van der Waals surface area contributed by atoms with E-state index in [0.717, 1.165) is 28.9 Å². The number of imide groups is 1. The maximum atomic E-state index is 14.5. The van der Waals surface area contributed by atoms with E-state index in [9.17, 15) is 14.4 Å². The minimum atomic E-state index is -0.620. The van der Waals surface area contributed by atoms with Crippen molar-refractivity contribution >= 4 is 34.5 Å². The Kier molecular flexibility index (Phi) is 8.10. The number of nitrogens with zero attached hydrogens (tertiary/aromatic N) is 5. The minimum Gasteiger partial charge on any atom is -0.496 e. The van der Waals surface area contributed by atoms with Gasteiger partial charge in [-0.1, -0.05) is 30.0 Å². The lowest BCUT2D eigenvalue weighted by molar-refractivity contribution is -0.141. The topological polar surface area (TPSA) is 143 Å². The van der Waals surface area contributed by atoms with Crippen LogP contribution >= 0.6 is 11.8 Å². The molecule has 14 heteroatoms. The summed E-state index contributed by atoms with van der Waals surface area (Å²) in [5.74, 6) is 0.106. The largest absolute Gasteiger partial charge is 0.496 e. The van der Waals surface area contributed by atoms with Gasteiger partial charge in [0.1, 0.15) is 18.1 Å². The second-order valence-corrected chi connectivity index (χ2v) is 12.6. The molecule has 4 aliphatic rings. The Balaban J connectivity index is 1.21. The third kappa shape index (κ3) is 5.40. The zero-order valence-electron chi connectivity index (χ0n) is 25.0. The van der Waals surface area contributed by atoms with Gasteiger partial charge in [-0.15, -0.1) is 0 Å². The van der Waals surface area contributed by atoms with Crippen molar-refractivity contribution in [2.45, 2.75) is 43.4 Å². The summed E-state index contributed by atoms with van der Waals surface area (Å²) >= 11 is 1.41. The lowest BCUT2D eigenvalue weighted by atomic mass is 9.92. The number of fused-ring (bicyclic) bond motifs is 1. The smallest absolute Gasteiger partial charge is 0.328 e. The number of ether oxygens (including phenoxy) is 3. The number of urea groups is 1. The molecule has 0 radical (unpaired) electrons. The van der Waals surface area contributed by atoms with Gasteiger partial charge in [0.15, 0.2) is 5.82 Å². The van der Waals surface area contributed by atoms with E-state index in [0.29, 0.717) is 24.9 Å². The Labute approximate surface area is 263 Å². The number of carbonyl (C=O) groups is 3. The van der Waals surface area contributed by atoms with Crippen LogP contribution in [0.1, 0.15) is 47.9 Å². The Morgan fingerprint density at radius 2 is 1.96 bits per heavy atom. The van der Waals surface area contributed by atoms with Crippen LogP contribution in [0.2, 0.25) is 0 Å². The van der Waals surface area contributed by atoms with Crippen LogP contribution in [0, 0.1) is 5.92 Å². The Morgan fingerprint density at radius 3 is 2.67 bits per heavy atom. The van der Waals surface area contributed by atoms with Gasteiger partial charge in [-0.3, -0.25) is 14.5 Å². The van der Waals surface area contributed by atoms with E-state index in [2.05, 4.69) is 15.0 Å². The molecule has 3 saturated heterocycles. The summed E-state index contributed by atoms with van der Waals surface area (Å²) in [4.78, 5) is 58.1. The second-order valence-electron chi connectivity index (χ2n) is 11.5. The molecule has 4 amide bonds. The molecule has 3 fully saturated rings. The van der Waals surface area contributed by atoms with Crippen molar-refractivity contribution in [1.29, 1.82) is 0 Å². The molecule has 3 aromatic rings. The first kappa shape index (κ1) is 29.6. The molecule has 1 N–H and O–H groups in total. The molecule has 7 rings (SSSR count). The Morgan fingerprint density at radius 1 is 1.16 bits per heavy atom. The number of hydrogen-bond donors (Lipinski definition) is 1. The SMILES string of the molecule is COc1ccccc1C(CN1C(=O)N(C2CN(C(=O)c3ncc[nH]3)C2)C(=O)C2C(C)=C(c3ncco3)SC21)OC1CCOCC1. The van der Waals surface area contributed by atoms with Gasteiger partial charge in [0.25, 0.3) is 5.91 Å². The molecule has 4 aliphatic heterocycles. The highest BCUT2D eigenvalue weighted by atomic mass is 32.2. The number of carbonyl (C=O) groups excluding carboxylic acids is 3. The highest BCUT2D eigenvalue weighted by Crippen LogP contribution is 2.52. The van der Waals surface area contributed by atoms with Crippen LogP contribution in [-0.2, 0) is 14.3 Å². The maximum absolute atomic E-state index is 14.5. The number of imidazole rings is 1. The highest BCUT2D eigenvalue weighted by molar-refractivity contribution is 8.09. The van der Waals surface area contributed by atoms with Crippen LogP contribution in [0.3, 0.4) is 0 Å². The third-order valence-corrected chi connectivity index (χ3v) is 10.3. The zero-order chi connectivity index (χ0) is 31.1. The quantitative estimate of drug-likeness (QED) is 0.371. The van der Waals surface area contributed by atoms with Gasteiger partial charge in [-0.05, 0) is 31.4 Å². The first-order chi connectivity index (χ1) is 21.9. The molecular formula is C31H34N6O7S. The number of hydrogen-bond acceptors (Lipinski definition) is 10. The molecule has 6 heterocycles. The van der Waals surface area contributed by atoms with E-state index in [4.69, 9.17) is 18.6 Å². The van der Waals surface area contributed by atoms with E-state index in [1.165, 1.54) is 29.1 Å². The average Bonchev–Trinajstić information content (AvgIpc) is 3.82. The molecule has 0 spiro atoms. The van der Waals surface area contributed by atoms with E-state index >= 15 is 0 Å². The molecule has 0 aliphatic carbocycles. The van der Waals surface area contributed by atoms with Gasteiger partial charge in [0, 0.05) is 44.3 Å². The standard InChI is InChI=1S/C31H34N6O7S/c1-18-24-28(38)37(19-15-35(16-19)29(39)26-32-9-10-33-26)31(40)36(30(24)45-25(18)27-34-11-14-43-27)17-23(44-20-7-12-42-13-8-20)21-5-3-4-6-22(21)41-2/h3-6,9-11,14,19-20,23-24,30H,7-8,12-13,15-17H2,1-2H3,(H,32,33). The van der Waals surface area contributed by atoms with E-state index in [1.807, 2.05) is 31.2 Å². The van der Waals surface area contributed by atoms with Gasteiger partial charge in [-0.25, -0.2) is 14.8 Å². The minimum absolute atomic E-state index is 0.0612. The lowest BCUT2D eigenvalue weighted by Gasteiger charge is -2.50. The van der Waals surface area contributed by atoms with E-state index in [1.54, 1.807) is 29.3 Å². The summed E-state index contributed by atoms with van der Waals surface area (Å²) in [6, 6.07) is 6.75. The fourth-order valence-electron chi connectivity index (χ4n) is 6.44. The number of H-pyrrole nitrogens is 1. The number of amides is 4. The van der Waals surface area contributed by atoms with Crippen LogP contribution in [-0.4, -0.2) is 105 Å². The van der Waals surface area contributed by atoms with Crippen molar-refractivity contribution in [3.63, 3.8) is 0 Å². The van der Waals surface area contributed by atoms with Crippen LogP contribution < -0.4 is 4.74 Å². The normalized spacial score (nSPS) is 23.4. The van der Waals surface area contributed by atoms with Crippen molar-refractivity contribution in [1.82, 2.24) is 29.7 Å². The summed E-state index contributed by atoms with van der Waals surface area (Å²) in [5, 5.41) is -0.528. The average molecular weight is 635 g/mol. The molecule has 3 unspecified atom stereocenters. The van der Waals surface area contributed by atoms with Gasteiger partial charge < -0.3 is 33.4 Å². The fraction of sp³-hybridized carbons (Fsp3) is 0.452. The van der Waals surface area contributed by atoms with Crippen LogP contribution in [0.4, 0.5) is 4.79 Å². The lowest BCUT2D eigenvalue weighted by Crippen LogP contribution is -2.70. The molecule has 1 aromatic carbocycles. The number of thioether (sulfide) groups is 1. The molecule has 3 atom stereocenters. The summed E-state index contributed by atoms with van der Waals surface area (Å²) in [5.41, 5.74) is 1.61. The molecule has 45 heavy (non-hydrogen) atoms. The first-order valence-electron chi connectivity index (χ1n) is 15.0. The summed E-state index contributed by atoms with van der Waals surface area (Å²) < 4.78 is 23.6. The van der Waals surface area contributed by atoms with Crippen molar-refractivity contribution in [2.24, 2.45) is 5.92 Å². The van der Waals surface area contributed by atoms with Gasteiger partial charge >= 0.3 is 6.03 Å². The zero-order valence-corrected chi connectivity index (χ0v) is 25.8. The molecule has 13 nitrogen and oxygen atoms in total. The fourth-order valence-corrected chi connectivity index (χ4v) is 7.95. The molecule has 2 aromatic heterocycles. The van der Waals surface area contributed by atoms with Crippen molar-refractivity contribution in [3.8, 4) is 5.75 Å². The second kappa shape index (κ2) is 12.3. The molecule has 236 valence electrons. The number of methoxy groups -OCH3 is 1. The van der Waals surface area contributed by atoms with E-state index < -0.39 is 29.5 Å². The number of rotatable bonds is 9. The Bertz CT molecular complexity index is 1580. The number of para-hydroxylation sites is 1. The predicted octanol–water partition coefficient (Wildman–Crippen LogP) is 3.55. The van der Waals surface area contributed by atoms with Crippen molar-refractivity contribution in [2.75, 3.05) is 40.0 Å². The van der Waals surface area contributed by atoms with Crippen molar-refractivity contribution < 1.29 is 33.0 Å². The van der Waals surface area contributed by atoms with Gasteiger partial charge in [-0.2, -0.15) is 0 Å². The van der Waals surface area contributed by atoms with Gasteiger partial charge in [0.05, 0.1) is 48.2 Å². The van der Waals surface area contributed by atoms with Crippen molar-refractivity contribution in [3.05, 3.63) is 72.0 Å². The summed E-state index contributed by atoms with van der Waals surface area (Å²) in [6.45, 7) is 3.73. The number of likely N-dealkylation sites (tertiary alicyclic amines) is 1. The van der Waals surface area contributed by atoms with E-state index in [-0.39, 0.29) is 43.4 Å². The monoisotopic (exact) mass is 634 g/mol. The number of aromatic nitrogens is 3. The molecule has 0 saturated carbocycles. The Hall–Kier alpha value is -4.14. The van der Waals surface area contributed by atoms with Crippen LogP contribution in [0.25, 0.3) is 4.91 Å². The molecule has 0 bridgehead atoms. The highest BCUT2D eigenvalue weighted by Gasteiger charge is 2.56. The van der Waals surface area contributed by atoms with Crippen LogP contribution in [0.15, 0.2) is 59.1 Å². The maximum Gasteiger partial charge on any atom is 0.328 e. The third-order valence-electron chi connectivity index (χ3n) is 8.83. The molecular weight excluding hydrogens is 600 g/mol. The van der Waals surface area contributed by atoms with Crippen LogP contribution in [0.5, 0.6) is 5.75 Å². The summed E-state index contributed by atoms with van der Waals surface area (Å²) in [7, 11) is 1.61. The number of oxazole rings is 1. The number of benzene rings is 1. The number of nitrogens with one attached hydrogen (secondary N) is 1.